The number of carboxylic acids is 1. The summed E-state index contributed by atoms with van der Waals surface area (Å²) in [6.07, 6.45) is 2.81. The number of aromatic nitrogens is 1. The van der Waals surface area contributed by atoms with Gasteiger partial charge in [-0.2, -0.15) is 0 Å². The van der Waals surface area contributed by atoms with Crippen molar-refractivity contribution in [2.45, 2.75) is 40.0 Å². The second kappa shape index (κ2) is 6.99. The maximum absolute atomic E-state index is 11.1. The van der Waals surface area contributed by atoms with E-state index in [1.165, 1.54) is 0 Å². The van der Waals surface area contributed by atoms with E-state index in [9.17, 15) is 4.79 Å². The van der Waals surface area contributed by atoms with Crippen LogP contribution >= 0.6 is 0 Å². The van der Waals surface area contributed by atoms with Crippen LogP contribution in [0.2, 0.25) is 0 Å². The number of nitrogens with zero attached hydrogens (tertiary/aromatic N) is 2. The van der Waals surface area contributed by atoms with E-state index in [0.717, 1.165) is 43.9 Å². The van der Waals surface area contributed by atoms with Crippen molar-refractivity contribution in [3.05, 3.63) is 23.4 Å². The first-order valence-electron chi connectivity index (χ1n) is 6.61. The van der Waals surface area contributed by atoms with Crippen LogP contribution in [0.5, 0.6) is 0 Å². The quantitative estimate of drug-likeness (QED) is 0.808. The average Bonchev–Trinajstić information content (AvgIpc) is 2.37. The molecule has 4 heteroatoms. The summed E-state index contributed by atoms with van der Waals surface area (Å²) in [5.74, 6) is -0.100. The molecule has 0 radical (unpaired) electrons. The molecule has 0 atom stereocenters. The lowest BCUT2D eigenvalue weighted by Gasteiger charge is -2.23. The van der Waals surface area contributed by atoms with Gasteiger partial charge in [-0.15, -0.1) is 0 Å². The van der Waals surface area contributed by atoms with Crippen molar-refractivity contribution >= 4 is 11.8 Å². The van der Waals surface area contributed by atoms with Crippen LogP contribution in [0.25, 0.3) is 0 Å². The van der Waals surface area contributed by atoms with Gasteiger partial charge in [0.1, 0.15) is 5.82 Å². The van der Waals surface area contributed by atoms with Crippen molar-refractivity contribution in [3.63, 3.8) is 0 Å². The second-order valence-electron chi connectivity index (χ2n) is 4.35. The van der Waals surface area contributed by atoms with Crippen molar-refractivity contribution in [1.29, 1.82) is 0 Å². The van der Waals surface area contributed by atoms with Crippen molar-refractivity contribution in [2.24, 2.45) is 0 Å². The highest BCUT2D eigenvalue weighted by Gasteiger charge is 2.12. The minimum atomic E-state index is -0.888. The Hall–Kier alpha value is -1.58. The predicted octanol–water partition coefficient (Wildman–Crippen LogP) is 2.97. The maximum atomic E-state index is 11.1. The molecule has 18 heavy (non-hydrogen) atoms. The Morgan fingerprint density at radius 1 is 1.22 bits per heavy atom. The Balaban J connectivity index is 3.11. The van der Waals surface area contributed by atoms with Crippen LogP contribution in [0, 0.1) is 0 Å². The van der Waals surface area contributed by atoms with E-state index in [2.05, 4.69) is 23.7 Å². The van der Waals surface area contributed by atoms with E-state index in [1.54, 1.807) is 12.1 Å². The van der Waals surface area contributed by atoms with E-state index in [1.807, 2.05) is 6.92 Å². The van der Waals surface area contributed by atoms with E-state index in [-0.39, 0.29) is 0 Å². The maximum Gasteiger partial charge on any atom is 0.335 e. The molecule has 0 aliphatic rings. The third-order valence-electron chi connectivity index (χ3n) is 2.79. The van der Waals surface area contributed by atoms with Crippen LogP contribution in [0.4, 0.5) is 5.82 Å². The number of aryl methyl sites for hydroxylation is 1. The molecule has 0 bridgehead atoms. The third kappa shape index (κ3) is 3.72. The number of hydrogen-bond acceptors (Lipinski definition) is 3. The van der Waals surface area contributed by atoms with Crippen molar-refractivity contribution in [1.82, 2.24) is 4.98 Å². The van der Waals surface area contributed by atoms with Gasteiger partial charge < -0.3 is 10.0 Å². The molecule has 1 heterocycles. The monoisotopic (exact) mass is 250 g/mol. The molecule has 1 aromatic heterocycles. The largest absolute Gasteiger partial charge is 0.478 e. The molecule has 0 spiro atoms. The number of pyridine rings is 1. The van der Waals surface area contributed by atoms with Gasteiger partial charge in [-0.25, -0.2) is 9.78 Å². The lowest BCUT2D eigenvalue weighted by atomic mass is 10.2. The van der Waals surface area contributed by atoms with Gasteiger partial charge in [-0.05, 0) is 31.4 Å². The Bertz CT molecular complexity index is 399. The molecule has 1 rings (SSSR count). The Kier molecular flexibility index (Phi) is 5.62. The molecule has 0 unspecified atom stereocenters. The predicted molar refractivity (Wildman–Crippen MR) is 73.4 cm³/mol. The van der Waals surface area contributed by atoms with Gasteiger partial charge in [-0.3, -0.25) is 0 Å². The molecule has 100 valence electrons. The lowest BCUT2D eigenvalue weighted by molar-refractivity contribution is 0.0696. The number of aromatic carboxylic acids is 1. The van der Waals surface area contributed by atoms with Crippen molar-refractivity contribution < 1.29 is 9.90 Å². The van der Waals surface area contributed by atoms with Gasteiger partial charge in [0.25, 0.3) is 0 Å². The first-order valence-corrected chi connectivity index (χ1v) is 6.61. The highest BCUT2D eigenvalue weighted by Crippen LogP contribution is 2.16. The first-order chi connectivity index (χ1) is 8.62. The minimum absolute atomic E-state index is 0.328. The molecule has 0 saturated carbocycles. The molecule has 0 aromatic carbocycles. The SMILES string of the molecule is CCCN(CCC)c1cc(C(=O)O)cc(CC)n1. The van der Waals surface area contributed by atoms with Crippen LogP contribution in [0.3, 0.4) is 0 Å². The van der Waals surface area contributed by atoms with Crippen LogP contribution in [0.15, 0.2) is 12.1 Å². The minimum Gasteiger partial charge on any atom is -0.478 e. The zero-order valence-corrected chi connectivity index (χ0v) is 11.4. The van der Waals surface area contributed by atoms with Crippen molar-refractivity contribution in [2.75, 3.05) is 18.0 Å². The summed E-state index contributed by atoms with van der Waals surface area (Å²) in [4.78, 5) is 17.8. The Morgan fingerprint density at radius 3 is 2.28 bits per heavy atom. The number of anilines is 1. The fourth-order valence-corrected chi connectivity index (χ4v) is 1.92. The summed E-state index contributed by atoms with van der Waals surface area (Å²) in [7, 11) is 0. The molecular weight excluding hydrogens is 228 g/mol. The van der Waals surface area contributed by atoms with Gasteiger partial charge in [0.2, 0.25) is 0 Å². The Morgan fingerprint density at radius 2 is 1.83 bits per heavy atom. The molecule has 4 nitrogen and oxygen atoms in total. The summed E-state index contributed by atoms with van der Waals surface area (Å²) < 4.78 is 0. The van der Waals surface area contributed by atoms with E-state index < -0.39 is 5.97 Å². The van der Waals surface area contributed by atoms with Gasteiger partial charge in [-0.1, -0.05) is 20.8 Å². The topological polar surface area (TPSA) is 53.4 Å². The van der Waals surface area contributed by atoms with Gasteiger partial charge in [0, 0.05) is 18.8 Å². The Labute approximate surface area is 109 Å². The standard InChI is InChI=1S/C14H22N2O2/c1-4-7-16(8-5-2)13-10-11(14(17)18)9-12(6-3)15-13/h9-10H,4-8H2,1-3H3,(H,17,18). The van der Waals surface area contributed by atoms with Crippen LogP contribution in [0.1, 0.15) is 49.7 Å². The summed E-state index contributed by atoms with van der Waals surface area (Å²) >= 11 is 0. The molecular formula is C14H22N2O2. The van der Waals surface area contributed by atoms with Crippen LogP contribution in [-0.2, 0) is 6.42 Å². The number of rotatable bonds is 7. The fraction of sp³-hybridized carbons (Fsp3) is 0.571. The highest BCUT2D eigenvalue weighted by atomic mass is 16.4. The second-order valence-corrected chi connectivity index (χ2v) is 4.35. The third-order valence-corrected chi connectivity index (χ3v) is 2.79. The van der Waals surface area contributed by atoms with Crippen LogP contribution < -0.4 is 4.90 Å². The molecule has 0 saturated heterocycles. The average molecular weight is 250 g/mol. The summed E-state index contributed by atoms with van der Waals surface area (Å²) in [6.45, 7) is 8.04. The normalized spacial score (nSPS) is 10.4. The number of hydrogen-bond donors (Lipinski definition) is 1. The first kappa shape index (κ1) is 14.5. The zero-order valence-electron chi connectivity index (χ0n) is 11.4. The number of carboxylic acid groups (broad SMARTS) is 1. The lowest BCUT2D eigenvalue weighted by Crippen LogP contribution is -2.26. The van der Waals surface area contributed by atoms with E-state index in [4.69, 9.17) is 5.11 Å². The van der Waals surface area contributed by atoms with E-state index in [0.29, 0.717) is 5.56 Å². The van der Waals surface area contributed by atoms with Crippen LogP contribution in [-0.4, -0.2) is 29.1 Å². The molecule has 0 fully saturated rings. The summed E-state index contributed by atoms with van der Waals surface area (Å²) in [5, 5.41) is 9.12. The van der Waals surface area contributed by atoms with Gasteiger partial charge in [0.05, 0.1) is 5.56 Å². The highest BCUT2D eigenvalue weighted by molar-refractivity contribution is 5.88. The molecule has 1 N–H and O–H groups in total. The molecule has 0 aliphatic heterocycles. The summed E-state index contributed by atoms with van der Waals surface area (Å²) in [6, 6.07) is 3.33. The van der Waals surface area contributed by atoms with Gasteiger partial charge in [0.15, 0.2) is 0 Å². The fourth-order valence-electron chi connectivity index (χ4n) is 1.92. The van der Waals surface area contributed by atoms with Crippen molar-refractivity contribution in [3.8, 4) is 0 Å². The zero-order chi connectivity index (χ0) is 13.5. The molecule has 0 amide bonds. The van der Waals surface area contributed by atoms with E-state index >= 15 is 0 Å². The smallest absolute Gasteiger partial charge is 0.335 e. The van der Waals surface area contributed by atoms with Gasteiger partial charge >= 0.3 is 5.97 Å². The molecule has 1 aromatic rings. The molecule has 0 aliphatic carbocycles. The summed E-state index contributed by atoms with van der Waals surface area (Å²) in [5.41, 5.74) is 1.16. The number of carbonyl (C=O) groups is 1.